The molecule has 0 bridgehead atoms. The van der Waals surface area contributed by atoms with Gasteiger partial charge in [0.25, 0.3) is 0 Å². The molecule has 6 heteroatoms. The van der Waals surface area contributed by atoms with Crippen LogP contribution in [0.1, 0.15) is 36.7 Å². The fraction of sp³-hybridized carbons (Fsp3) is 0.417. The molecule has 0 saturated carbocycles. The van der Waals surface area contributed by atoms with Gasteiger partial charge in [-0.3, -0.25) is 9.59 Å². The van der Waals surface area contributed by atoms with E-state index in [9.17, 15) is 9.59 Å². The maximum atomic E-state index is 12.9. The van der Waals surface area contributed by atoms with E-state index in [1.54, 1.807) is 24.8 Å². The smallest absolute Gasteiger partial charge is 0.235 e. The lowest BCUT2D eigenvalue weighted by molar-refractivity contribution is -0.130. The molecule has 1 saturated heterocycles. The van der Waals surface area contributed by atoms with Crippen molar-refractivity contribution < 1.29 is 14.3 Å². The number of para-hydroxylation sites is 1. The van der Waals surface area contributed by atoms with E-state index in [1.165, 1.54) is 5.69 Å². The van der Waals surface area contributed by atoms with Gasteiger partial charge in [-0.25, -0.2) is 0 Å². The lowest BCUT2D eigenvalue weighted by atomic mass is 10.1. The summed E-state index contributed by atoms with van der Waals surface area (Å²) in [5, 5.41) is -0.149. The number of benzene rings is 2. The topological polar surface area (TPSA) is 49.9 Å². The SMILES string of the molecule is CCOc1ccc(C(C)=O)cc1CSC(C)C(=O)N1CCN(c2ccccc2)CC1. The van der Waals surface area contributed by atoms with E-state index < -0.39 is 0 Å². The van der Waals surface area contributed by atoms with Gasteiger partial charge >= 0.3 is 0 Å². The molecule has 2 aromatic rings. The highest BCUT2D eigenvalue weighted by Gasteiger charge is 2.25. The van der Waals surface area contributed by atoms with Crippen molar-refractivity contribution in [3.05, 3.63) is 59.7 Å². The van der Waals surface area contributed by atoms with Gasteiger partial charge < -0.3 is 14.5 Å². The van der Waals surface area contributed by atoms with Crippen LogP contribution in [0.2, 0.25) is 0 Å². The molecule has 2 aromatic carbocycles. The van der Waals surface area contributed by atoms with Crippen LogP contribution in [0.5, 0.6) is 5.75 Å². The van der Waals surface area contributed by atoms with E-state index >= 15 is 0 Å². The maximum absolute atomic E-state index is 12.9. The predicted octanol–water partition coefficient (Wildman–Crippen LogP) is 4.26. The number of hydrogen-bond acceptors (Lipinski definition) is 5. The Morgan fingerprint density at radius 1 is 1.07 bits per heavy atom. The lowest BCUT2D eigenvalue weighted by Crippen LogP contribution is -2.50. The molecule has 1 fully saturated rings. The first-order valence-corrected chi connectivity index (χ1v) is 11.5. The zero-order chi connectivity index (χ0) is 21.5. The number of nitrogens with zero attached hydrogens (tertiary/aromatic N) is 2. The zero-order valence-electron chi connectivity index (χ0n) is 18.0. The van der Waals surface area contributed by atoms with Gasteiger partial charge in [0.05, 0.1) is 11.9 Å². The Morgan fingerprint density at radius 3 is 2.40 bits per heavy atom. The Bertz CT molecular complexity index is 864. The van der Waals surface area contributed by atoms with Gasteiger partial charge in [0.2, 0.25) is 5.91 Å². The summed E-state index contributed by atoms with van der Waals surface area (Å²) in [5.41, 5.74) is 2.84. The Labute approximate surface area is 183 Å². The molecule has 1 heterocycles. The van der Waals surface area contributed by atoms with Crippen molar-refractivity contribution in [3.8, 4) is 5.75 Å². The van der Waals surface area contributed by atoms with Crippen LogP contribution < -0.4 is 9.64 Å². The number of ether oxygens (including phenoxy) is 1. The van der Waals surface area contributed by atoms with Crippen LogP contribution in [-0.4, -0.2) is 54.6 Å². The van der Waals surface area contributed by atoms with E-state index in [1.807, 2.05) is 49.1 Å². The van der Waals surface area contributed by atoms with Gasteiger partial charge in [-0.2, -0.15) is 0 Å². The van der Waals surface area contributed by atoms with E-state index in [0.29, 0.717) is 17.9 Å². The number of hydrogen-bond donors (Lipinski definition) is 0. The van der Waals surface area contributed by atoms with Crippen molar-refractivity contribution in [3.63, 3.8) is 0 Å². The van der Waals surface area contributed by atoms with Crippen molar-refractivity contribution in [2.45, 2.75) is 31.8 Å². The summed E-state index contributed by atoms with van der Waals surface area (Å²) in [6, 6.07) is 15.9. The minimum absolute atomic E-state index is 0.0321. The molecule has 1 atom stereocenters. The molecule has 0 aromatic heterocycles. The molecule has 30 heavy (non-hydrogen) atoms. The first kappa shape index (κ1) is 22.2. The van der Waals surface area contributed by atoms with Crippen molar-refractivity contribution >= 4 is 29.1 Å². The van der Waals surface area contributed by atoms with Gasteiger partial charge in [0.15, 0.2) is 5.78 Å². The van der Waals surface area contributed by atoms with Crippen LogP contribution in [-0.2, 0) is 10.5 Å². The first-order valence-electron chi connectivity index (χ1n) is 10.5. The molecule has 5 nitrogen and oxygen atoms in total. The third-order valence-electron chi connectivity index (χ3n) is 5.32. The lowest BCUT2D eigenvalue weighted by Gasteiger charge is -2.37. The molecule has 0 spiro atoms. The number of ketones is 1. The van der Waals surface area contributed by atoms with Crippen LogP contribution in [0, 0.1) is 0 Å². The largest absolute Gasteiger partial charge is 0.494 e. The summed E-state index contributed by atoms with van der Waals surface area (Å²) in [5.74, 6) is 1.62. The maximum Gasteiger partial charge on any atom is 0.235 e. The van der Waals surface area contributed by atoms with Crippen LogP contribution in [0.4, 0.5) is 5.69 Å². The number of Topliss-reactive ketones (excluding diaryl/α,β-unsaturated/α-hetero) is 1. The number of carbonyl (C=O) groups is 2. The van der Waals surface area contributed by atoms with Crippen LogP contribution in [0.25, 0.3) is 0 Å². The fourth-order valence-electron chi connectivity index (χ4n) is 3.57. The second-order valence-electron chi connectivity index (χ2n) is 7.41. The summed E-state index contributed by atoms with van der Waals surface area (Å²) < 4.78 is 5.71. The highest BCUT2D eigenvalue weighted by molar-refractivity contribution is 7.99. The predicted molar refractivity (Wildman–Crippen MR) is 124 cm³/mol. The van der Waals surface area contributed by atoms with Gasteiger partial charge in [-0.15, -0.1) is 11.8 Å². The van der Waals surface area contributed by atoms with Crippen LogP contribution in [0.15, 0.2) is 48.5 Å². The first-order chi connectivity index (χ1) is 14.5. The zero-order valence-corrected chi connectivity index (χ0v) is 18.8. The number of thioether (sulfide) groups is 1. The van der Waals surface area contributed by atoms with Gasteiger partial charge in [-0.05, 0) is 51.1 Å². The monoisotopic (exact) mass is 426 g/mol. The molecular weight excluding hydrogens is 396 g/mol. The minimum atomic E-state index is -0.149. The second kappa shape index (κ2) is 10.5. The summed E-state index contributed by atoms with van der Waals surface area (Å²) in [4.78, 5) is 29.0. The standard InChI is InChI=1S/C24H30N2O3S/c1-4-29-23-11-10-20(18(2)27)16-21(23)17-30-19(3)24(28)26-14-12-25(13-15-26)22-8-6-5-7-9-22/h5-11,16,19H,4,12-15,17H2,1-3H3. The van der Waals surface area contributed by atoms with Gasteiger partial charge in [0, 0.05) is 48.7 Å². The Kier molecular flexibility index (Phi) is 7.80. The molecule has 0 N–H and O–H groups in total. The fourth-order valence-corrected chi connectivity index (χ4v) is 4.52. The Morgan fingerprint density at radius 2 is 1.77 bits per heavy atom. The van der Waals surface area contributed by atoms with E-state index in [-0.39, 0.29) is 16.9 Å². The number of carbonyl (C=O) groups excluding carboxylic acids is 2. The highest BCUT2D eigenvalue weighted by atomic mass is 32.2. The third kappa shape index (κ3) is 5.57. The van der Waals surface area contributed by atoms with E-state index in [2.05, 4.69) is 17.0 Å². The normalized spacial score (nSPS) is 15.0. The summed E-state index contributed by atoms with van der Waals surface area (Å²) in [6.07, 6.45) is 0. The minimum Gasteiger partial charge on any atom is -0.494 e. The van der Waals surface area contributed by atoms with Crippen molar-refractivity contribution in [1.82, 2.24) is 4.90 Å². The number of rotatable bonds is 8. The molecule has 3 rings (SSSR count). The summed E-state index contributed by atoms with van der Waals surface area (Å²) >= 11 is 1.59. The number of piperazine rings is 1. The van der Waals surface area contributed by atoms with Crippen LogP contribution >= 0.6 is 11.8 Å². The quantitative estimate of drug-likeness (QED) is 0.591. The van der Waals surface area contributed by atoms with Gasteiger partial charge in [-0.1, -0.05) is 18.2 Å². The van der Waals surface area contributed by atoms with Crippen LogP contribution in [0.3, 0.4) is 0 Å². The van der Waals surface area contributed by atoms with Crippen molar-refractivity contribution in [2.24, 2.45) is 0 Å². The molecule has 1 unspecified atom stereocenters. The molecule has 1 aliphatic rings. The highest BCUT2D eigenvalue weighted by Crippen LogP contribution is 2.28. The Balaban J connectivity index is 1.56. The third-order valence-corrected chi connectivity index (χ3v) is 6.50. The number of amides is 1. The second-order valence-corrected chi connectivity index (χ2v) is 8.74. The number of anilines is 1. The summed E-state index contributed by atoms with van der Waals surface area (Å²) in [6.45, 7) is 9.21. The molecule has 0 radical (unpaired) electrons. The molecule has 160 valence electrons. The molecule has 1 amide bonds. The molecular formula is C24H30N2O3S. The molecule has 0 aliphatic carbocycles. The van der Waals surface area contributed by atoms with Gasteiger partial charge in [0.1, 0.15) is 5.75 Å². The average molecular weight is 427 g/mol. The molecule has 1 aliphatic heterocycles. The Hall–Kier alpha value is -2.47. The van der Waals surface area contributed by atoms with E-state index in [4.69, 9.17) is 4.74 Å². The van der Waals surface area contributed by atoms with Crippen molar-refractivity contribution in [2.75, 3.05) is 37.7 Å². The summed E-state index contributed by atoms with van der Waals surface area (Å²) in [7, 11) is 0. The average Bonchev–Trinajstić information content (AvgIpc) is 2.78. The van der Waals surface area contributed by atoms with Crippen molar-refractivity contribution in [1.29, 1.82) is 0 Å². The van der Waals surface area contributed by atoms with E-state index in [0.717, 1.165) is 37.5 Å².